The topological polar surface area (TPSA) is 48.3 Å². The van der Waals surface area contributed by atoms with Crippen LogP contribution in [-0.2, 0) is 0 Å². The summed E-state index contributed by atoms with van der Waals surface area (Å²) in [5.74, 6) is 0.811. The van der Waals surface area contributed by atoms with Crippen molar-refractivity contribution in [1.82, 2.24) is 4.90 Å². The number of methoxy groups -OCH3 is 1. The monoisotopic (exact) mass is 287 g/mol. The van der Waals surface area contributed by atoms with Gasteiger partial charge in [0.2, 0.25) is 0 Å². The number of ether oxygens (including phenoxy) is 1. The second-order valence-corrected chi connectivity index (χ2v) is 6.03. The van der Waals surface area contributed by atoms with Crippen LogP contribution < -0.4 is 10.1 Å². The van der Waals surface area contributed by atoms with Crippen LogP contribution in [-0.4, -0.2) is 36.7 Å². The van der Waals surface area contributed by atoms with Gasteiger partial charge in [0.05, 0.1) is 13.2 Å². The molecule has 0 amide bonds. The molecule has 0 saturated carbocycles. The van der Waals surface area contributed by atoms with E-state index in [1.165, 1.54) is 0 Å². The maximum Gasteiger partial charge on any atom is 0.126 e. The van der Waals surface area contributed by atoms with E-state index in [-0.39, 0.29) is 0 Å². The van der Waals surface area contributed by atoms with Crippen molar-refractivity contribution in [3.05, 3.63) is 24.3 Å². The van der Waals surface area contributed by atoms with Crippen molar-refractivity contribution in [1.29, 1.82) is 5.26 Å². The predicted octanol–water partition coefficient (Wildman–Crippen LogP) is 3.26. The summed E-state index contributed by atoms with van der Waals surface area (Å²) in [4.78, 5) is 2.45. The molecule has 1 aliphatic heterocycles. The maximum atomic E-state index is 9.72. The minimum absolute atomic E-state index is 0.476. The van der Waals surface area contributed by atoms with E-state index < -0.39 is 5.54 Å². The van der Waals surface area contributed by atoms with Crippen LogP contribution in [0.4, 0.5) is 5.69 Å². The number of benzene rings is 1. The molecule has 4 heteroatoms. The van der Waals surface area contributed by atoms with Gasteiger partial charge in [0.25, 0.3) is 0 Å². The fourth-order valence-electron chi connectivity index (χ4n) is 2.91. The molecule has 1 N–H and O–H groups in total. The van der Waals surface area contributed by atoms with E-state index >= 15 is 0 Å². The zero-order valence-electron chi connectivity index (χ0n) is 13.2. The van der Waals surface area contributed by atoms with Gasteiger partial charge in [0.15, 0.2) is 0 Å². The number of nitrogens with one attached hydrogen (secondary N) is 1. The van der Waals surface area contributed by atoms with Crippen molar-refractivity contribution in [3.63, 3.8) is 0 Å². The molecule has 21 heavy (non-hydrogen) atoms. The summed E-state index contributed by atoms with van der Waals surface area (Å²) in [6.07, 6.45) is 2.77. The Labute approximate surface area is 127 Å². The molecule has 4 nitrogen and oxygen atoms in total. The number of anilines is 1. The summed E-state index contributed by atoms with van der Waals surface area (Å²) in [7, 11) is 1.66. The average molecular weight is 287 g/mol. The molecule has 114 valence electrons. The summed E-state index contributed by atoms with van der Waals surface area (Å²) < 4.78 is 5.25. The number of hydrogen-bond acceptors (Lipinski definition) is 4. The van der Waals surface area contributed by atoms with Crippen LogP contribution in [0.2, 0.25) is 0 Å². The number of rotatable bonds is 4. The highest BCUT2D eigenvalue weighted by atomic mass is 16.5. The molecular formula is C17H25N3O. The summed E-state index contributed by atoms with van der Waals surface area (Å²) in [5.41, 5.74) is 0.476. The largest absolute Gasteiger partial charge is 0.497 e. The lowest BCUT2D eigenvalue weighted by Crippen LogP contribution is -2.39. The SMILES string of the molecule is COc1cccc(NC2(C#N)CCCN(C(C)C)CC2)c1. The average Bonchev–Trinajstić information content (AvgIpc) is 2.71. The van der Waals surface area contributed by atoms with Gasteiger partial charge in [-0.2, -0.15) is 5.26 Å². The fourth-order valence-corrected chi connectivity index (χ4v) is 2.91. The van der Waals surface area contributed by atoms with Gasteiger partial charge in [-0.1, -0.05) is 6.07 Å². The maximum absolute atomic E-state index is 9.72. The van der Waals surface area contributed by atoms with Gasteiger partial charge in [-0.05, 0) is 51.8 Å². The first-order chi connectivity index (χ1) is 10.1. The molecule has 0 radical (unpaired) electrons. The Balaban J connectivity index is 2.12. The van der Waals surface area contributed by atoms with Crippen LogP contribution in [0, 0.1) is 11.3 Å². The summed E-state index contributed by atoms with van der Waals surface area (Å²) in [6.45, 7) is 6.47. The molecule has 1 fully saturated rings. The molecule has 2 rings (SSSR count). The standard InChI is InChI=1S/C17H25N3O/c1-14(2)20-10-5-8-17(13-18,9-11-20)19-15-6-4-7-16(12-15)21-3/h4,6-7,12,14,19H,5,8-11H2,1-3H3. The normalized spacial score (nSPS) is 23.4. The Morgan fingerprint density at radius 2 is 2.14 bits per heavy atom. The van der Waals surface area contributed by atoms with Gasteiger partial charge in [-0.25, -0.2) is 0 Å². The number of hydrogen-bond donors (Lipinski definition) is 1. The van der Waals surface area contributed by atoms with Gasteiger partial charge in [0.1, 0.15) is 11.3 Å². The number of nitrogens with zero attached hydrogens (tertiary/aromatic N) is 2. The van der Waals surface area contributed by atoms with Crippen LogP contribution in [0.25, 0.3) is 0 Å². The molecule has 1 saturated heterocycles. The van der Waals surface area contributed by atoms with Crippen LogP contribution >= 0.6 is 0 Å². The first kappa shape index (κ1) is 15.7. The second-order valence-electron chi connectivity index (χ2n) is 6.03. The van der Waals surface area contributed by atoms with Gasteiger partial charge in [-0.15, -0.1) is 0 Å². The predicted molar refractivity (Wildman–Crippen MR) is 85.5 cm³/mol. The van der Waals surface area contributed by atoms with E-state index in [2.05, 4.69) is 30.1 Å². The van der Waals surface area contributed by atoms with Crippen molar-refractivity contribution in [2.45, 2.75) is 44.7 Å². The molecule has 0 aromatic heterocycles. The van der Waals surface area contributed by atoms with Crippen molar-refractivity contribution < 1.29 is 4.74 Å². The lowest BCUT2D eigenvalue weighted by Gasteiger charge is -2.29. The first-order valence-electron chi connectivity index (χ1n) is 7.66. The number of likely N-dealkylation sites (tertiary alicyclic amines) is 1. The molecule has 1 aliphatic rings. The second kappa shape index (κ2) is 6.82. The third-order valence-electron chi connectivity index (χ3n) is 4.27. The Bertz CT molecular complexity index is 509. The Morgan fingerprint density at radius 1 is 1.33 bits per heavy atom. The Morgan fingerprint density at radius 3 is 2.81 bits per heavy atom. The highest BCUT2D eigenvalue weighted by molar-refractivity contribution is 5.51. The Kier molecular flexibility index (Phi) is 5.08. The van der Waals surface area contributed by atoms with E-state index in [1.54, 1.807) is 7.11 Å². The highest BCUT2D eigenvalue weighted by Crippen LogP contribution is 2.28. The first-order valence-corrected chi connectivity index (χ1v) is 7.66. The summed E-state index contributed by atoms with van der Waals surface area (Å²) in [6, 6.07) is 10.9. The van der Waals surface area contributed by atoms with Crippen molar-refractivity contribution in [2.24, 2.45) is 0 Å². The fraction of sp³-hybridized carbons (Fsp3) is 0.588. The van der Waals surface area contributed by atoms with Crippen LogP contribution in [0.1, 0.15) is 33.1 Å². The minimum atomic E-state index is -0.476. The number of nitriles is 1. The van der Waals surface area contributed by atoms with E-state index in [4.69, 9.17) is 4.74 Å². The van der Waals surface area contributed by atoms with E-state index in [0.717, 1.165) is 43.8 Å². The summed E-state index contributed by atoms with van der Waals surface area (Å²) >= 11 is 0. The summed E-state index contributed by atoms with van der Waals surface area (Å²) in [5, 5.41) is 13.2. The van der Waals surface area contributed by atoms with Gasteiger partial charge in [0, 0.05) is 24.3 Å². The zero-order chi connectivity index (χ0) is 15.3. The smallest absolute Gasteiger partial charge is 0.126 e. The third-order valence-corrected chi connectivity index (χ3v) is 4.27. The zero-order valence-corrected chi connectivity index (χ0v) is 13.2. The third kappa shape index (κ3) is 3.89. The highest BCUT2D eigenvalue weighted by Gasteiger charge is 2.33. The lowest BCUT2D eigenvalue weighted by molar-refractivity contribution is 0.229. The van der Waals surface area contributed by atoms with Gasteiger partial charge in [-0.3, -0.25) is 0 Å². The van der Waals surface area contributed by atoms with E-state index in [9.17, 15) is 5.26 Å². The van der Waals surface area contributed by atoms with Crippen LogP contribution in [0.15, 0.2) is 24.3 Å². The van der Waals surface area contributed by atoms with Gasteiger partial charge >= 0.3 is 0 Å². The van der Waals surface area contributed by atoms with Crippen LogP contribution in [0.3, 0.4) is 0 Å². The quantitative estimate of drug-likeness (QED) is 0.923. The van der Waals surface area contributed by atoms with E-state index in [0.29, 0.717) is 6.04 Å². The molecule has 0 bridgehead atoms. The molecule has 1 aromatic rings. The molecule has 1 aromatic carbocycles. The Hall–Kier alpha value is -1.73. The molecule has 0 aliphatic carbocycles. The van der Waals surface area contributed by atoms with Crippen molar-refractivity contribution >= 4 is 5.69 Å². The van der Waals surface area contributed by atoms with Crippen LogP contribution in [0.5, 0.6) is 5.75 Å². The molecule has 1 unspecified atom stereocenters. The minimum Gasteiger partial charge on any atom is -0.497 e. The molecule has 1 atom stereocenters. The molecular weight excluding hydrogens is 262 g/mol. The lowest BCUT2D eigenvalue weighted by atomic mass is 9.92. The molecule has 0 spiro atoms. The van der Waals surface area contributed by atoms with Crippen molar-refractivity contribution in [3.8, 4) is 11.8 Å². The van der Waals surface area contributed by atoms with Gasteiger partial charge < -0.3 is 15.0 Å². The molecule has 1 heterocycles. The van der Waals surface area contributed by atoms with Crippen molar-refractivity contribution in [2.75, 3.05) is 25.5 Å². The van der Waals surface area contributed by atoms with E-state index in [1.807, 2.05) is 24.3 Å².